The number of hydrogen-bond acceptors (Lipinski definition) is 2. The van der Waals surface area contributed by atoms with E-state index in [2.05, 4.69) is 12.2 Å². The smallest absolute Gasteiger partial charge is 0.225 e. The Hall–Kier alpha value is -1.06. The molecular formula is C13H24N2O2. The standard InChI is InChI=1S/C13H24N2O2/c1-5-7-13(3,4)14-12(17)10-8-11(16)15(6-2)9-10/h10H,5-9H2,1-4H3,(H,14,17). The van der Waals surface area contributed by atoms with Crippen molar-refractivity contribution in [1.29, 1.82) is 0 Å². The van der Waals surface area contributed by atoms with Crippen LogP contribution in [0.3, 0.4) is 0 Å². The number of hydrogen-bond donors (Lipinski definition) is 1. The zero-order valence-corrected chi connectivity index (χ0v) is 11.4. The summed E-state index contributed by atoms with van der Waals surface area (Å²) in [6, 6.07) is 0. The van der Waals surface area contributed by atoms with Gasteiger partial charge in [-0.25, -0.2) is 0 Å². The van der Waals surface area contributed by atoms with Crippen molar-refractivity contribution in [3.8, 4) is 0 Å². The molecule has 1 N–H and O–H groups in total. The third-order valence-corrected chi connectivity index (χ3v) is 3.30. The van der Waals surface area contributed by atoms with Gasteiger partial charge in [-0.3, -0.25) is 9.59 Å². The van der Waals surface area contributed by atoms with Crippen LogP contribution in [0.4, 0.5) is 0 Å². The van der Waals surface area contributed by atoms with Gasteiger partial charge in [-0.05, 0) is 27.2 Å². The third kappa shape index (κ3) is 3.72. The fourth-order valence-electron chi connectivity index (χ4n) is 2.38. The van der Waals surface area contributed by atoms with Crippen LogP contribution in [0.2, 0.25) is 0 Å². The van der Waals surface area contributed by atoms with Crippen LogP contribution in [0.15, 0.2) is 0 Å². The highest BCUT2D eigenvalue weighted by molar-refractivity contribution is 5.89. The molecule has 4 heteroatoms. The van der Waals surface area contributed by atoms with Gasteiger partial charge in [0.15, 0.2) is 0 Å². The first-order valence-electron chi connectivity index (χ1n) is 6.49. The van der Waals surface area contributed by atoms with Crippen molar-refractivity contribution < 1.29 is 9.59 Å². The minimum atomic E-state index is -0.172. The first-order valence-corrected chi connectivity index (χ1v) is 6.49. The zero-order valence-electron chi connectivity index (χ0n) is 11.4. The van der Waals surface area contributed by atoms with Crippen molar-refractivity contribution in [1.82, 2.24) is 10.2 Å². The Labute approximate surface area is 104 Å². The summed E-state index contributed by atoms with van der Waals surface area (Å²) < 4.78 is 0. The summed E-state index contributed by atoms with van der Waals surface area (Å²) in [6.07, 6.45) is 2.36. The van der Waals surface area contributed by atoms with Crippen molar-refractivity contribution in [2.45, 2.75) is 52.5 Å². The SMILES string of the molecule is CCCC(C)(C)NC(=O)C1CC(=O)N(CC)C1. The monoisotopic (exact) mass is 240 g/mol. The molecule has 1 saturated heterocycles. The highest BCUT2D eigenvalue weighted by atomic mass is 16.2. The van der Waals surface area contributed by atoms with E-state index in [-0.39, 0.29) is 23.3 Å². The second-order valence-corrected chi connectivity index (χ2v) is 5.46. The molecule has 0 spiro atoms. The number of nitrogens with zero attached hydrogens (tertiary/aromatic N) is 1. The van der Waals surface area contributed by atoms with Gasteiger partial charge in [-0.2, -0.15) is 0 Å². The van der Waals surface area contributed by atoms with Gasteiger partial charge in [0.2, 0.25) is 11.8 Å². The van der Waals surface area contributed by atoms with E-state index in [4.69, 9.17) is 0 Å². The van der Waals surface area contributed by atoms with E-state index < -0.39 is 0 Å². The molecule has 1 fully saturated rings. The van der Waals surface area contributed by atoms with Crippen molar-refractivity contribution in [3.05, 3.63) is 0 Å². The van der Waals surface area contributed by atoms with Gasteiger partial charge in [0.05, 0.1) is 5.92 Å². The van der Waals surface area contributed by atoms with Crippen LogP contribution in [0.1, 0.15) is 47.0 Å². The molecule has 1 unspecified atom stereocenters. The molecule has 1 heterocycles. The summed E-state index contributed by atoms with van der Waals surface area (Å²) >= 11 is 0. The minimum absolute atomic E-state index is 0.0211. The molecule has 17 heavy (non-hydrogen) atoms. The second-order valence-electron chi connectivity index (χ2n) is 5.46. The first-order chi connectivity index (χ1) is 7.89. The van der Waals surface area contributed by atoms with Gasteiger partial charge in [0.1, 0.15) is 0 Å². The summed E-state index contributed by atoms with van der Waals surface area (Å²) in [4.78, 5) is 25.4. The van der Waals surface area contributed by atoms with Crippen molar-refractivity contribution >= 4 is 11.8 Å². The molecule has 1 aliphatic rings. The number of rotatable bonds is 5. The molecule has 1 atom stereocenters. The van der Waals surface area contributed by atoms with Crippen LogP contribution in [0.5, 0.6) is 0 Å². The number of amides is 2. The quantitative estimate of drug-likeness (QED) is 0.792. The summed E-state index contributed by atoms with van der Waals surface area (Å²) in [5, 5.41) is 3.05. The number of nitrogens with one attached hydrogen (secondary N) is 1. The zero-order chi connectivity index (χ0) is 13.1. The van der Waals surface area contributed by atoms with Crippen LogP contribution in [-0.2, 0) is 9.59 Å². The maximum Gasteiger partial charge on any atom is 0.225 e. The van der Waals surface area contributed by atoms with Crippen LogP contribution in [0, 0.1) is 5.92 Å². The Morgan fingerprint density at radius 3 is 2.59 bits per heavy atom. The Kier molecular flexibility index (Phi) is 4.54. The first kappa shape index (κ1) is 14.0. The lowest BCUT2D eigenvalue weighted by molar-refractivity contribution is -0.129. The molecule has 0 aromatic carbocycles. The molecule has 1 aliphatic heterocycles. The minimum Gasteiger partial charge on any atom is -0.351 e. The topological polar surface area (TPSA) is 49.4 Å². The molecule has 0 radical (unpaired) electrons. The summed E-state index contributed by atoms with van der Waals surface area (Å²) in [6.45, 7) is 9.38. The lowest BCUT2D eigenvalue weighted by Crippen LogP contribution is -2.46. The van der Waals surface area contributed by atoms with E-state index >= 15 is 0 Å². The predicted molar refractivity (Wildman–Crippen MR) is 67.5 cm³/mol. The van der Waals surface area contributed by atoms with Crippen molar-refractivity contribution in [2.75, 3.05) is 13.1 Å². The normalized spacial score (nSPS) is 20.8. The number of carbonyl (C=O) groups excluding carboxylic acids is 2. The molecule has 1 rings (SSSR count). The van der Waals surface area contributed by atoms with Gasteiger partial charge >= 0.3 is 0 Å². The summed E-state index contributed by atoms with van der Waals surface area (Å²) in [7, 11) is 0. The predicted octanol–water partition coefficient (Wildman–Crippen LogP) is 1.55. The van der Waals surface area contributed by atoms with Crippen molar-refractivity contribution in [3.63, 3.8) is 0 Å². The highest BCUT2D eigenvalue weighted by Crippen LogP contribution is 2.19. The Morgan fingerprint density at radius 1 is 1.47 bits per heavy atom. The van der Waals surface area contributed by atoms with E-state index in [0.717, 1.165) is 12.8 Å². The number of carbonyl (C=O) groups is 2. The second kappa shape index (κ2) is 5.52. The average Bonchev–Trinajstić information content (AvgIpc) is 2.58. The fourth-order valence-corrected chi connectivity index (χ4v) is 2.38. The molecule has 0 aromatic heterocycles. The van der Waals surface area contributed by atoms with Crippen LogP contribution >= 0.6 is 0 Å². The average molecular weight is 240 g/mol. The molecule has 0 bridgehead atoms. The van der Waals surface area contributed by atoms with Crippen LogP contribution in [-0.4, -0.2) is 35.3 Å². The van der Waals surface area contributed by atoms with Crippen LogP contribution < -0.4 is 5.32 Å². The van der Waals surface area contributed by atoms with E-state index in [1.54, 1.807) is 4.90 Å². The van der Waals surface area contributed by atoms with Gasteiger partial charge in [-0.1, -0.05) is 13.3 Å². The third-order valence-electron chi connectivity index (χ3n) is 3.30. The summed E-state index contributed by atoms with van der Waals surface area (Å²) in [5.74, 6) is -0.0488. The van der Waals surface area contributed by atoms with Gasteiger partial charge in [0, 0.05) is 25.0 Å². The fraction of sp³-hybridized carbons (Fsp3) is 0.846. The maximum absolute atomic E-state index is 12.1. The molecule has 98 valence electrons. The van der Waals surface area contributed by atoms with E-state index in [1.165, 1.54) is 0 Å². The lowest BCUT2D eigenvalue weighted by atomic mass is 9.97. The van der Waals surface area contributed by atoms with Crippen molar-refractivity contribution in [2.24, 2.45) is 5.92 Å². The number of likely N-dealkylation sites (tertiary alicyclic amines) is 1. The molecule has 0 aliphatic carbocycles. The maximum atomic E-state index is 12.1. The molecule has 2 amide bonds. The largest absolute Gasteiger partial charge is 0.351 e. The molecule has 0 aromatic rings. The lowest BCUT2D eigenvalue weighted by Gasteiger charge is -2.27. The highest BCUT2D eigenvalue weighted by Gasteiger charge is 2.35. The van der Waals surface area contributed by atoms with Gasteiger partial charge in [0.25, 0.3) is 0 Å². The van der Waals surface area contributed by atoms with Crippen LogP contribution in [0.25, 0.3) is 0 Å². The van der Waals surface area contributed by atoms with Gasteiger partial charge in [-0.15, -0.1) is 0 Å². The molecule has 0 saturated carbocycles. The van der Waals surface area contributed by atoms with E-state index in [0.29, 0.717) is 19.5 Å². The molecule has 4 nitrogen and oxygen atoms in total. The van der Waals surface area contributed by atoms with Gasteiger partial charge < -0.3 is 10.2 Å². The van der Waals surface area contributed by atoms with E-state index in [9.17, 15) is 9.59 Å². The summed E-state index contributed by atoms with van der Waals surface area (Å²) in [5.41, 5.74) is -0.172. The molecular weight excluding hydrogens is 216 g/mol. The van der Waals surface area contributed by atoms with E-state index in [1.807, 2.05) is 20.8 Å². The Morgan fingerprint density at radius 2 is 2.12 bits per heavy atom. The Balaban J connectivity index is 2.52. The Bertz CT molecular complexity index is 300.